The van der Waals surface area contributed by atoms with Crippen molar-refractivity contribution in [3.8, 4) is 5.82 Å². The highest BCUT2D eigenvalue weighted by atomic mass is 32.2. The van der Waals surface area contributed by atoms with Crippen LogP contribution in [0.4, 0.5) is 0 Å². The highest BCUT2D eigenvalue weighted by Crippen LogP contribution is 2.22. The van der Waals surface area contributed by atoms with Gasteiger partial charge in [-0.15, -0.1) is 0 Å². The van der Waals surface area contributed by atoms with Gasteiger partial charge >= 0.3 is 5.16 Å². The largest absolute Gasteiger partial charge is 0.609 e. The van der Waals surface area contributed by atoms with Gasteiger partial charge in [0.1, 0.15) is 17.2 Å². The van der Waals surface area contributed by atoms with E-state index in [1.54, 1.807) is 36.7 Å². The fraction of sp³-hybridized carbons (Fsp3) is 0.412. The number of hydrogen-bond donors (Lipinski definition) is 1. The molecule has 0 spiro atoms. The Morgan fingerprint density at radius 3 is 2.54 bits per heavy atom. The maximum atomic E-state index is 12.8. The predicted molar refractivity (Wildman–Crippen MR) is 98.9 cm³/mol. The molecule has 0 amide bonds. The SMILES string of the molecule is CC(C)n1c(=O)c2cnc([S+](C)[O-])nc2n1-c1cccc(C(C)(C)O)n1. The first-order valence-corrected chi connectivity index (χ1v) is 9.71. The summed E-state index contributed by atoms with van der Waals surface area (Å²) in [6.07, 6.45) is 2.88. The smallest absolute Gasteiger partial charge is 0.344 e. The van der Waals surface area contributed by atoms with Gasteiger partial charge in [0.2, 0.25) is 0 Å². The molecule has 0 bridgehead atoms. The van der Waals surface area contributed by atoms with Crippen molar-refractivity contribution in [3.63, 3.8) is 0 Å². The number of fused-ring (bicyclic) bond motifs is 1. The Balaban J connectivity index is 2.39. The molecule has 1 atom stereocenters. The maximum absolute atomic E-state index is 12.8. The molecular formula is C17H21N5O3S. The molecule has 3 heterocycles. The number of hydrogen-bond acceptors (Lipinski definition) is 6. The third kappa shape index (κ3) is 3.13. The Kier molecular flexibility index (Phi) is 4.63. The fourth-order valence-corrected chi connectivity index (χ4v) is 3.11. The van der Waals surface area contributed by atoms with Gasteiger partial charge in [0.15, 0.2) is 11.5 Å². The molecule has 3 rings (SSSR count). The molecular weight excluding hydrogens is 354 g/mol. The molecule has 3 aromatic rings. The minimum absolute atomic E-state index is 0.144. The average molecular weight is 375 g/mol. The molecule has 0 radical (unpaired) electrons. The van der Waals surface area contributed by atoms with Gasteiger partial charge in [-0.1, -0.05) is 6.07 Å². The molecule has 0 fully saturated rings. The average Bonchev–Trinajstić information content (AvgIpc) is 2.86. The lowest BCUT2D eigenvalue weighted by atomic mass is 10.1. The van der Waals surface area contributed by atoms with Gasteiger partial charge < -0.3 is 9.66 Å². The number of rotatable bonds is 4. The summed E-state index contributed by atoms with van der Waals surface area (Å²) in [6.45, 7) is 7.04. The van der Waals surface area contributed by atoms with Crippen LogP contribution in [-0.2, 0) is 16.8 Å². The van der Waals surface area contributed by atoms with Gasteiger partial charge in [-0.05, 0) is 39.8 Å². The molecule has 0 aromatic carbocycles. The maximum Gasteiger partial charge on any atom is 0.344 e. The summed E-state index contributed by atoms with van der Waals surface area (Å²) in [7, 11) is 0. The van der Waals surface area contributed by atoms with Crippen molar-refractivity contribution >= 4 is 22.2 Å². The van der Waals surface area contributed by atoms with Crippen molar-refractivity contribution in [2.24, 2.45) is 0 Å². The molecule has 138 valence electrons. The molecule has 0 aliphatic rings. The second-order valence-electron chi connectivity index (χ2n) is 6.84. The fourth-order valence-electron chi connectivity index (χ4n) is 2.69. The summed E-state index contributed by atoms with van der Waals surface area (Å²) in [6, 6.07) is 5.04. The van der Waals surface area contributed by atoms with Crippen LogP contribution in [-0.4, -0.2) is 40.2 Å². The Hall–Kier alpha value is -2.23. The molecule has 3 aromatic heterocycles. The van der Waals surface area contributed by atoms with E-state index in [1.165, 1.54) is 17.1 Å². The third-order valence-corrected chi connectivity index (χ3v) is 4.64. The van der Waals surface area contributed by atoms with Crippen LogP contribution < -0.4 is 5.56 Å². The summed E-state index contributed by atoms with van der Waals surface area (Å²) in [4.78, 5) is 25.7. The van der Waals surface area contributed by atoms with E-state index in [0.717, 1.165) is 0 Å². The van der Waals surface area contributed by atoms with E-state index in [1.807, 2.05) is 13.8 Å². The zero-order valence-corrected chi connectivity index (χ0v) is 16.1. The van der Waals surface area contributed by atoms with Crippen LogP contribution in [0.2, 0.25) is 0 Å². The van der Waals surface area contributed by atoms with Gasteiger partial charge in [-0.2, -0.15) is 9.97 Å². The molecule has 8 nitrogen and oxygen atoms in total. The third-order valence-electron chi connectivity index (χ3n) is 3.93. The van der Waals surface area contributed by atoms with E-state index in [2.05, 4.69) is 15.0 Å². The second kappa shape index (κ2) is 6.49. The number of aromatic nitrogens is 5. The van der Waals surface area contributed by atoms with Crippen LogP contribution in [0.5, 0.6) is 0 Å². The summed E-state index contributed by atoms with van der Waals surface area (Å²) in [5, 5.41) is 10.7. The van der Waals surface area contributed by atoms with Gasteiger partial charge in [-0.25, -0.2) is 14.3 Å². The highest BCUT2D eigenvalue weighted by molar-refractivity contribution is 7.90. The van der Waals surface area contributed by atoms with Crippen molar-refractivity contribution < 1.29 is 9.66 Å². The van der Waals surface area contributed by atoms with Crippen LogP contribution in [0.3, 0.4) is 0 Å². The Morgan fingerprint density at radius 1 is 1.27 bits per heavy atom. The molecule has 1 N–H and O–H groups in total. The predicted octanol–water partition coefficient (Wildman–Crippen LogP) is 1.52. The van der Waals surface area contributed by atoms with Crippen LogP contribution in [0.25, 0.3) is 16.9 Å². The van der Waals surface area contributed by atoms with E-state index in [-0.39, 0.29) is 16.8 Å². The summed E-state index contributed by atoms with van der Waals surface area (Å²) < 4.78 is 14.9. The van der Waals surface area contributed by atoms with Crippen molar-refractivity contribution in [2.75, 3.05) is 6.26 Å². The first-order valence-electron chi connectivity index (χ1n) is 8.15. The van der Waals surface area contributed by atoms with Crippen LogP contribution in [0, 0.1) is 0 Å². The van der Waals surface area contributed by atoms with E-state index in [0.29, 0.717) is 22.5 Å². The van der Waals surface area contributed by atoms with Crippen molar-refractivity contribution in [1.29, 1.82) is 0 Å². The minimum Gasteiger partial charge on any atom is -0.609 e. The second-order valence-corrected chi connectivity index (χ2v) is 8.11. The normalized spacial score (nSPS) is 13.5. The first-order chi connectivity index (χ1) is 12.1. The molecule has 0 saturated heterocycles. The lowest BCUT2D eigenvalue weighted by Gasteiger charge is -2.19. The Bertz CT molecular complexity index is 1020. The van der Waals surface area contributed by atoms with E-state index < -0.39 is 16.8 Å². The molecule has 0 saturated carbocycles. The Morgan fingerprint density at radius 2 is 1.96 bits per heavy atom. The zero-order chi connectivity index (χ0) is 19.2. The molecule has 26 heavy (non-hydrogen) atoms. The summed E-state index contributed by atoms with van der Waals surface area (Å²) >= 11 is -1.38. The van der Waals surface area contributed by atoms with E-state index in [4.69, 9.17) is 0 Å². The van der Waals surface area contributed by atoms with Crippen molar-refractivity contribution in [3.05, 3.63) is 40.4 Å². The van der Waals surface area contributed by atoms with E-state index >= 15 is 0 Å². The van der Waals surface area contributed by atoms with Gasteiger partial charge in [0, 0.05) is 17.2 Å². The van der Waals surface area contributed by atoms with Crippen LogP contribution >= 0.6 is 0 Å². The first kappa shape index (κ1) is 18.6. The number of pyridine rings is 1. The highest BCUT2D eigenvalue weighted by Gasteiger charge is 2.24. The van der Waals surface area contributed by atoms with E-state index in [9.17, 15) is 14.5 Å². The quantitative estimate of drug-likeness (QED) is 0.547. The Labute approximate surface area is 153 Å². The van der Waals surface area contributed by atoms with Gasteiger partial charge in [-0.3, -0.25) is 4.79 Å². The van der Waals surface area contributed by atoms with Gasteiger partial charge in [0.25, 0.3) is 5.56 Å². The molecule has 0 aliphatic carbocycles. The topological polar surface area (TPSA) is 109 Å². The molecule has 1 unspecified atom stereocenters. The lowest BCUT2D eigenvalue weighted by molar-refractivity contribution is 0.0738. The summed E-state index contributed by atoms with van der Waals surface area (Å²) in [5.41, 5.74) is -0.580. The van der Waals surface area contributed by atoms with Crippen molar-refractivity contribution in [2.45, 2.75) is 44.5 Å². The zero-order valence-electron chi connectivity index (χ0n) is 15.3. The standard InChI is InChI=1S/C17H21N5O3S/c1-10(2)21-15(23)11-9-18-16(26(5)25)20-14(11)22(21)13-8-6-7-12(19-13)17(3,4)24/h6-10,24H,1-5H3. The number of nitrogens with zero attached hydrogens (tertiary/aromatic N) is 5. The minimum atomic E-state index is -1.38. The molecule has 0 aliphatic heterocycles. The number of aliphatic hydroxyl groups is 1. The van der Waals surface area contributed by atoms with Gasteiger partial charge in [0.05, 0.1) is 11.9 Å². The summed E-state index contributed by atoms with van der Waals surface area (Å²) in [5.74, 6) is 0.442. The lowest BCUT2D eigenvalue weighted by Crippen LogP contribution is -2.25. The molecule has 9 heteroatoms. The van der Waals surface area contributed by atoms with Crippen LogP contribution in [0.15, 0.2) is 34.3 Å². The monoisotopic (exact) mass is 375 g/mol. The van der Waals surface area contributed by atoms with Crippen molar-refractivity contribution in [1.82, 2.24) is 24.3 Å². The van der Waals surface area contributed by atoms with Crippen LogP contribution in [0.1, 0.15) is 39.4 Å².